The Morgan fingerprint density at radius 1 is 1.58 bits per heavy atom. The smallest absolute Gasteiger partial charge is 0.345 e. The highest BCUT2D eigenvalue weighted by Gasteiger charge is 2.19. The molecule has 8 nitrogen and oxygen atoms in total. The van der Waals surface area contributed by atoms with Crippen LogP contribution in [-0.4, -0.2) is 32.4 Å². The van der Waals surface area contributed by atoms with Gasteiger partial charge >= 0.3 is 5.82 Å². The molecule has 0 saturated heterocycles. The topological polar surface area (TPSA) is 107 Å². The highest BCUT2D eigenvalue weighted by atomic mass is 35.5. The Kier molecular flexibility index (Phi) is 5.43. The third-order valence-corrected chi connectivity index (χ3v) is 2.42. The van der Waals surface area contributed by atoms with Gasteiger partial charge in [-0.15, -0.1) is 4.68 Å². The molecule has 0 bridgehead atoms. The summed E-state index contributed by atoms with van der Waals surface area (Å²) in [6.07, 6.45) is 0.594. The maximum atomic E-state index is 11.5. The Balaban J connectivity index is 2.48. The van der Waals surface area contributed by atoms with E-state index in [0.717, 1.165) is 4.68 Å². The predicted molar refractivity (Wildman–Crippen MR) is 66.7 cm³/mol. The molecule has 0 saturated carbocycles. The van der Waals surface area contributed by atoms with Gasteiger partial charge < -0.3 is 15.4 Å². The summed E-state index contributed by atoms with van der Waals surface area (Å²) in [7, 11) is 0. The monoisotopic (exact) mass is 288 g/mol. The Morgan fingerprint density at radius 3 is 2.84 bits per heavy atom. The summed E-state index contributed by atoms with van der Waals surface area (Å²) in [6, 6.07) is 1.29. The van der Waals surface area contributed by atoms with Crippen LogP contribution in [0.15, 0.2) is 6.07 Å². The van der Waals surface area contributed by atoms with Crippen molar-refractivity contribution in [2.75, 3.05) is 6.54 Å². The van der Waals surface area contributed by atoms with Crippen LogP contribution in [0.2, 0.25) is 0 Å². The van der Waals surface area contributed by atoms with Crippen molar-refractivity contribution in [3.05, 3.63) is 21.9 Å². The summed E-state index contributed by atoms with van der Waals surface area (Å²) in [5, 5.41) is 16.6. The van der Waals surface area contributed by atoms with E-state index in [1.54, 1.807) is 6.92 Å². The maximum Gasteiger partial charge on any atom is 0.345 e. The SMILES string of the molecule is Cc1cc([N+](=O)[O-])n(CC(=O)NCCCC(=O)Cl)n1. The van der Waals surface area contributed by atoms with Crippen LogP contribution in [-0.2, 0) is 16.1 Å². The van der Waals surface area contributed by atoms with Crippen molar-refractivity contribution in [1.29, 1.82) is 0 Å². The van der Waals surface area contributed by atoms with E-state index < -0.39 is 16.1 Å². The minimum Gasteiger partial charge on any atom is -0.358 e. The number of nitrogens with one attached hydrogen (secondary N) is 1. The van der Waals surface area contributed by atoms with Gasteiger partial charge in [0.05, 0.1) is 11.8 Å². The molecule has 104 valence electrons. The molecule has 19 heavy (non-hydrogen) atoms. The lowest BCUT2D eigenvalue weighted by molar-refractivity contribution is -0.392. The fourth-order valence-electron chi connectivity index (χ4n) is 1.44. The van der Waals surface area contributed by atoms with Gasteiger partial charge in [-0.2, -0.15) is 0 Å². The number of aromatic nitrogens is 2. The molecule has 0 unspecified atom stereocenters. The van der Waals surface area contributed by atoms with Crippen molar-refractivity contribution >= 4 is 28.6 Å². The van der Waals surface area contributed by atoms with Crippen LogP contribution in [0.5, 0.6) is 0 Å². The minimum absolute atomic E-state index is 0.170. The Hall–Kier alpha value is -1.96. The van der Waals surface area contributed by atoms with Gasteiger partial charge in [0.25, 0.3) is 5.91 Å². The minimum atomic E-state index is -0.598. The molecular formula is C10H13ClN4O4. The number of carbonyl (C=O) groups excluding carboxylic acids is 2. The van der Waals surface area contributed by atoms with E-state index in [2.05, 4.69) is 10.4 Å². The van der Waals surface area contributed by atoms with Gasteiger partial charge in [0.2, 0.25) is 5.24 Å². The number of halogens is 1. The molecule has 1 aromatic heterocycles. The first-order chi connectivity index (χ1) is 8.90. The molecule has 0 aliphatic carbocycles. The van der Waals surface area contributed by atoms with Crippen molar-refractivity contribution in [3.8, 4) is 0 Å². The lowest BCUT2D eigenvalue weighted by Gasteiger charge is -2.02. The summed E-state index contributed by atoms with van der Waals surface area (Å²) >= 11 is 5.14. The maximum absolute atomic E-state index is 11.5. The zero-order chi connectivity index (χ0) is 14.4. The van der Waals surface area contributed by atoms with Crippen molar-refractivity contribution in [2.45, 2.75) is 26.3 Å². The van der Waals surface area contributed by atoms with Crippen LogP contribution in [0.25, 0.3) is 0 Å². The zero-order valence-corrected chi connectivity index (χ0v) is 11.0. The second-order valence-electron chi connectivity index (χ2n) is 3.87. The summed E-state index contributed by atoms with van der Waals surface area (Å²) in [5.74, 6) is -0.642. The number of rotatable bonds is 7. The molecular weight excluding hydrogens is 276 g/mol. The van der Waals surface area contributed by atoms with Crippen LogP contribution in [0.4, 0.5) is 5.82 Å². The lowest BCUT2D eigenvalue weighted by atomic mass is 10.3. The summed E-state index contributed by atoms with van der Waals surface area (Å²) in [4.78, 5) is 32.1. The fraction of sp³-hybridized carbons (Fsp3) is 0.500. The van der Waals surface area contributed by atoms with E-state index in [1.165, 1.54) is 6.07 Å². The van der Waals surface area contributed by atoms with Gasteiger partial charge in [-0.3, -0.25) is 9.59 Å². The van der Waals surface area contributed by atoms with E-state index in [4.69, 9.17) is 11.6 Å². The molecule has 0 atom stereocenters. The third-order valence-electron chi connectivity index (χ3n) is 2.23. The van der Waals surface area contributed by atoms with Crippen LogP contribution >= 0.6 is 11.6 Å². The van der Waals surface area contributed by atoms with Gasteiger partial charge in [0.1, 0.15) is 0 Å². The van der Waals surface area contributed by atoms with E-state index >= 15 is 0 Å². The molecule has 0 fully saturated rings. The second kappa shape index (κ2) is 6.83. The molecule has 1 N–H and O–H groups in total. The number of amides is 1. The quantitative estimate of drug-likeness (QED) is 0.345. The Morgan fingerprint density at radius 2 is 2.26 bits per heavy atom. The van der Waals surface area contributed by atoms with Gasteiger partial charge in [-0.1, -0.05) is 5.10 Å². The van der Waals surface area contributed by atoms with E-state index in [-0.39, 0.29) is 25.3 Å². The average molecular weight is 289 g/mol. The van der Waals surface area contributed by atoms with Crippen molar-refractivity contribution in [1.82, 2.24) is 15.1 Å². The van der Waals surface area contributed by atoms with Crippen molar-refractivity contribution < 1.29 is 14.5 Å². The van der Waals surface area contributed by atoms with Gasteiger partial charge in [-0.25, -0.2) is 0 Å². The lowest BCUT2D eigenvalue weighted by Crippen LogP contribution is -2.29. The number of nitro groups is 1. The van der Waals surface area contributed by atoms with Crippen LogP contribution in [0.3, 0.4) is 0 Å². The molecule has 0 radical (unpaired) electrons. The van der Waals surface area contributed by atoms with Gasteiger partial charge in [0, 0.05) is 13.0 Å². The molecule has 0 aromatic carbocycles. The van der Waals surface area contributed by atoms with E-state index in [1.807, 2.05) is 0 Å². The van der Waals surface area contributed by atoms with Gasteiger partial charge in [0.15, 0.2) is 6.54 Å². The first-order valence-electron chi connectivity index (χ1n) is 5.54. The highest BCUT2D eigenvalue weighted by Crippen LogP contribution is 2.12. The predicted octanol–water partition coefficient (Wildman–Crippen LogP) is 0.762. The highest BCUT2D eigenvalue weighted by molar-refractivity contribution is 6.63. The fourth-order valence-corrected chi connectivity index (χ4v) is 1.58. The Bertz CT molecular complexity index is 500. The number of hydrogen-bond acceptors (Lipinski definition) is 5. The van der Waals surface area contributed by atoms with E-state index in [0.29, 0.717) is 12.1 Å². The van der Waals surface area contributed by atoms with E-state index in [9.17, 15) is 19.7 Å². The number of aryl methyl sites for hydroxylation is 1. The van der Waals surface area contributed by atoms with Crippen molar-refractivity contribution in [3.63, 3.8) is 0 Å². The number of carbonyl (C=O) groups is 2. The molecule has 1 aromatic rings. The number of nitrogens with zero attached hydrogens (tertiary/aromatic N) is 3. The van der Waals surface area contributed by atoms with Crippen LogP contribution in [0.1, 0.15) is 18.5 Å². The van der Waals surface area contributed by atoms with Crippen molar-refractivity contribution in [2.24, 2.45) is 0 Å². The summed E-state index contributed by atoms with van der Waals surface area (Å²) in [5.41, 5.74) is 0.465. The average Bonchev–Trinajstić information content (AvgIpc) is 2.65. The zero-order valence-electron chi connectivity index (χ0n) is 10.3. The first kappa shape index (κ1) is 15.1. The van der Waals surface area contributed by atoms with Crippen LogP contribution < -0.4 is 5.32 Å². The first-order valence-corrected chi connectivity index (χ1v) is 5.92. The van der Waals surface area contributed by atoms with Gasteiger partial charge in [-0.05, 0) is 29.9 Å². The molecule has 1 amide bonds. The third kappa shape index (κ3) is 5.04. The summed E-state index contributed by atoms with van der Waals surface area (Å²) < 4.78 is 1.03. The Labute approximate surface area is 113 Å². The molecule has 9 heteroatoms. The second-order valence-corrected chi connectivity index (χ2v) is 4.29. The molecule has 1 rings (SSSR count). The number of hydrogen-bond donors (Lipinski definition) is 1. The molecule has 0 aliphatic rings. The molecule has 1 heterocycles. The largest absolute Gasteiger partial charge is 0.358 e. The van der Waals surface area contributed by atoms with Crippen LogP contribution in [0, 0.1) is 17.0 Å². The molecule has 0 aliphatic heterocycles. The summed E-state index contributed by atoms with van der Waals surface area (Å²) in [6.45, 7) is 1.65. The normalized spacial score (nSPS) is 10.2. The standard InChI is InChI=1S/C10H13ClN4O4/c1-7-5-10(15(18)19)14(13-7)6-9(17)12-4-2-3-8(11)16/h5H,2-4,6H2,1H3,(H,12,17). The molecule has 0 spiro atoms.